The second-order valence-electron chi connectivity index (χ2n) is 4.45. The van der Waals surface area contributed by atoms with E-state index in [0.717, 1.165) is 18.2 Å². The van der Waals surface area contributed by atoms with Crippen molar-refractivity contribution in [1.82, 2.24) is 0 Å². The van der Waals surface area contributed by atoms with Crippen LogP contribution in [0, 0.1) is 0 Å². The molecular weight excluding hydrogens is 319 g/mol. The van der Waals surface area contributed by atoms with Crippen molar-refractivity contribution in [3.05, 3.63) is 59.7 Å². The third-order valence-corrected chi connectivity index (χ3v) is 4.27. The van der Waals surface area contributed by atoms with Crippen LogP contribution in [-0.2, 0) is 22.8 Å². The van der Waals surface area contributed by atoms with Crippen LogP contribution in [0.15, 0.2) is 53.4 Å². The fraction of sp³-hybridized carbons (Fsp3) is 0.143. The summed E-state index contributed by atoms with van der Waals surface area (Å²) < 4.78 is 64.5. The number of benzene rings is 2. The highest BCUT2D eigenvalue weighted by molar-refractivity contribution is 7.92. The predicted molar refractivity (Wildman–Crippen MR) is 74.6 cm³/mol. The van der Waals surface area contributed by atoms with Crippen LogP contribution in [0.3, 0.4) is 0 Å². The lowest BCUT2D eigenvalue weighted by Crippen LogP contribution is -2.15. The van der Waals surface area contributed by atoms with E-state index in [4.69, 9.17) is 5.11 Å². The molecule has 0 bridgehead atoms. The van der Waals surface area contributed by atoms with Gasteiger partial charge in [-0.3, -0.25) is 4.72 Å². The molecule has 2 aromatic rings. The second kappa shape index (κ2) is 5.98. The molecule has 0 aliphatic heterocycles. The molecule has 0 spiro atoms. The smallest absolute Gasteiger partial charge is 0.392 e. The highest BCUT2D eigenvalue weighted by Gasteiger charge is 2.31. The maximum atomic E-state index is 12.7. The average molecular weight is 331 g/mol. The first-order valence-corrected chi connectivity index (χ1v) is 7.61. The summed E-state index contributed by atoms with van der Waals surface area (Å²) in [4.78, 5) is -0.505. The monoisotopic (exact) mass is 331 g/mol. The van der Waals surface area contributed by atoms with E-state index in [0.29, 0.717) is 11.6 Å². The van der Waals surface area contributed by atoms with E-state index in [1.54, 1.807) is 12.1 Å². The Labute approximate surface area is 125 Å². The van der Waals surface area contributed by atoms with Gasteiger partial charge in [-0.05, 0) is 24.3 Å². The Morgan fingerprint density at radius 3 is 2.36 bits per heavy atom. The van der Waals surface area contributed by atoms with Crippen molar-refractivity contribution >= 4 is 15.7 Å². The minimum atomic E-state index is -4.63. The average Bonchev–Trinajstić information content (AvgIpc) is 2.47. The zero-order chi connectivity index (χ0) is 16.4. The lowest BCUT2D eigenvalue weighted by Gasteiger charge is -2.13. The molecular formula is C14H12F3NO3S. The topological polar surface area (TPSA) is 66.4 Å². The first-order chi connectivity index (χ1) is 10.2. The molecule has 118 valence electrons. The first kappa shape index (κ1) is 16.3. The number of hydrogen-bond donors (Lipinski definition) is 2. The molecule has 0 amide bonds. The van der Waals surface area contributed by atoms with Gasteiger partial charge in [0.15, 0.2) is 0 Å². The summed E-state index contributed by atoms with van der Waals surface area (Å²) in [6.45, 7) is -0.402. The molecule has 8 heteroatoms. The zero-order valence-electron chi connectivity index (χ0n) is 11.1. The zero-order valence-corrected chi connectivity index (χ0v) is 11.9. The maximum Gasteiger partial charge on any atom is 0.416 e. The fourth-order valence-electron chi connectivity index (χ4n) is 1.80. The summed E-state index contributed by atoms with van der Waals surface area (Å²) in [6, 6.07) is 9.51. The molecule has 2 N–H and O–H groups in total. The highest BCUT2D eigenvalue weighted by Crippen LogP contribution is 2.31. The van der Waals surface area contributed by atoms with Gasteiger partial charge in [0, 0.05) is 5.56 Å². The largest absolute Gasteiger partial charge is 0.416 e. The number of aliphatic hydroxyl groups excluding tert-OH is 1. The van der Waals surface area contributed by atoms with Crippen LogP contribution in [0.1, 0.15) is 11.1 Å². The van der Waals surface area contributed by atoms with Crippen LogP contribution in [0.4, 0.5) is 18.9 Å². The molecule has 4 nitrogen and oxygen atoms in total. The molecule has 2 aromatic carbocycles. The number of rotatable bonds is 4. The highest BCUT2D eigenvalue weighted by atomic mass is 32.2. The Morgan fingerprint density at radius 2 is 1.73 bits per heavy atom. The van der Waals surface area contributed by atoms with Crippen molar-refractivity contribution in [3.8, 4) is 0 Å². The number of nitrogens with one attached hydrogen (secondary N) is 1. The lowest BCUT2D eigenvalue weighted by molar-refractivity contribution is -0.137. The Morgan fingerprint density at radius 1 is 1.05 bits per heavy atom. The van der Waals surface area contributed by atoms with Gasteiger partial charge < -0.3 is 5.11 Å². The van der Waals surface area contributed by atoms with Crippen LogP contribution in [0.25, 0.3) is 0 Å². The Bertz CT molecular complexity index is 773. The Balaban J connectivity index is 2.39. The van der Waals surface area contributed by atoms with Crippen molar-refractivity contribution in [2.75, 3.05) is 4.72 Å². The van der Waals surface area contributed by atoms with Crippen molar-refractivity contribution in [3.63, 3.8) is 0 Å². The number of aliphatic hydroxyl groups is 1. The third-order valence-electron chi connectivity index (χ3n) is 2.90. The molecule has 0 aliphatic carbocycles. The van der Waals surface area contributed by atoms with Gasteiger partial charge in [0.1, 0.15) is 0 Å². The van der Waals surface area contributed by atoms with Crippen LogP contribution < -0.4 is 4.72 Å². The maximum absolute atomic E-state index is 12.7. The van der Waals surface area contributed by atoms with E-state index in [1.165, 1.54) is 12.1 Å². The van der Waals surface area contributed by atoms with Crippen molar-refractivity contribution < 1.29 is 26.7 Å². The summed E-state index contributed by atoms with van der Waals surface area (Å²) in [7, 11) is -4.19. The molecule has 0 saturated heterocycles. The second-order valence-corrected chi connectivity index (χ2v) is 6.13. The molecule has 0 radical (unpaired) electrons. The summed E-state index contributed by atoms with van der Waals surface area (Å²) in [6.07, 6.45) is -4.63. The lowest BCUT2D eigenvalue weighted by atomic mass is 10.2. The fourth-order valence-corrected chi connectivity index (χ4v) is 2.95. The Hall–Kier alpha value is -2.06. The molecule has 0 atom stereocenters. The van der Waals surface area contributed by atoms with E-state index < -0.39 is 33.3 Å². The van der Waals surface area contributed by atoms with E-state index in [9.17, 15) is 21.6 Å². The van der Waals surface area contributed by atoms with Gasteiger partial charge in [0.25, 0.3) is 10.0 Å². The molecule has 0 aliphatic rings. The van der Waals surface area contributed by atoms with Gasteiger partial charge in [-0.1, -0.05) is 24.3 Å². The quantitative estimate of drug-likeness (QED) is 0.905. The van der Waals surface area contributed by atoms with Crippen molar-refractivity contribution in [1.29, 1.82) is 0 Å². The summed E-state index contributed by atoms with van der Waals surface area (Å²) in [5, 5.41) is 9.15. The number of alkyl halides is 3. The summed E-state index contributed by atoms with van der Waals surface area (Å²) in [5.74, 6) is 0. The normalized spacial score (nSPS) is 12.2. The van der Waals surface area contributed by atoms with E-state index in [1.807, 2.05) is 0 Å². The molecule has 0 aromatic heterocycles. The van der Waals surface area contributed by atoms with Gasteiger partial charge >= 0.3 is 6.18 Å². The molecule has 22 heavy (non-hydrogen) atoms. The number of sulfonamides is 1. The SMILES string of the molecule is O=S(=O)(Nc1ccccc1CO)c1cccc(C(F)(F)F)c1. The van der Waals surface area contributed by atoms with Crippen LogP contribution in [0.2, 0.25) is 0 Å². The molecule has 0 heterocycles. The third kappa shape index (κ3) is 3.58. The summed E-state index contributed by atoms with van der Waals surface area (Å²) in [5.41, 5.74) is -0.619. The van der Waals surface area contributed by atoms with Crippen LogP contribution in [-0.4, -0.2) is 13.5 Å². The predicted octanol–water partition coefficient (Wildman–Crippen LogP) is 3.00. The molecule has 0 saturated carbocycles. The van der Waals surface area contributed by atoms with E-state index >= 15 is 0 Å². The number of para-hydroxylation sites is 1. The van der Waals surface area contributed by atoms with Gasteiger partial charge in [-0.15, -0.1) is 0 Å². The standard InChI is InChI=1S/C14H12F3NO3S/c15-14(16,17)11-5-3-6-12(8-11)22(20,21)18-13-7-2-1-4-10(13)9-19/h1-8,18-19H,9H2. The summed E-state index contributed by atoms with van der Waals surface area (Å²) >= 11 is 0. The van der Waals surface area contributed by atoms with Crippen LogP contribution >= 0.6 is 0 Å². The number of halogens is 3. The number of anilines is 1. The molecule has 2 rings (SSSR count). The minimum Gasteiger partial charge on any atom is -0.392 e. The van der Waals surface area contributed by atoms with Crippen LogP contribution in [0.5, 0.6) is 0 Å². The van der Waals surface area contributed by atoms with E-state index in [-0.39, 0.29) is 5.69 Å². The minimum absolute atomic E-state index is 0.113. The van der Waals surface area contributed by atoms with Gasteiger partial charge in [0.2, 0.25) is 0 Å². The van der Waals surface area contributed by atoms with Gasteiger partial charge in [0.05, 0.1) is 22.8 Å². The van der Waals surface area contributed by atoms with Crippen molar-refractivity contribution in [2.45, 2.75) is 17.7 Å². The van der Waals surface area contributed by atoms with Gasteiger partial charge in [-0.2, -0.15) is 13.2 Å². The number of hydrogen-bond acceptors (Lipinski definition) is 3. The molecule has 0 unspecified atom stereocenters. The van der Waals surface area contributed by atoms with Gasteiger partial charge in [-0.25, -0.2) is 8.42 Å². The van der Waals surface area contributed by atoms with Crippen molar-refractivity contribution in [2.24, 2.45) is 0 Å². The van der Waals surface area contributed by atoms with E-state index in [2.05, 4.69) is 4.72 Å². The molecule has 0 fully saturated rings. The first-order valence-electron chi connectivity index (χ1n) is 6.13. The Kier molecular flexibility index (Phi) is 4.43.